The molecule has 2 aromatic heterocycles. The van der Waals surface area contributed by atoms with Gasteiger partial charge in [-0.1, -0.05) is 141 Å². The molecular weight excluding hydrogens is 659 g/mol. The molecule has 1 aliphatic carbocycles. The monoisotopic (exact) mass is 693 g/mol. The van der Waals surface area contributed by atoms with Gasteiger partial charge in [-0.2, -0.15) is 0 Å². The van der Waals surface area contributed by atoms with Crippen LogP contribution in [0.1, 0.15) is 25.0 Å². The fourth-order valence-corrected chi connectivity index (χ4v) is 8.83. The zero-order valence-corrected chi connectivity index (χ0v) is 30.0. The highest BCUT2D eigenvalue weighted by Crippen LogP contribution is 2.51. The molecule has 3 nitrogen and oxygen atoms in total. The smallest absolute Gasteiger partial charge is 0.143 e. The summed E-state index contributed by atoms with van der Waals surface area (Å²) in [6, 6.07) is 62.8. The second-order valence-electron chi connectivity index (χ2n) is 14.9. The third-order valence-electron chi connectivity index (χ3n) is 11.5. The minimum absolute atomic E-state index is 0.127. The molecule has 0 radical (unpaired) electrons. The van der Waals surface area contributed by atoms with Gasteiger partial charge in [-0.15, -0.1) is 0 Å². The maximum absolute atomic E-state index is 6.75. The van der Waals surface area contributed by atoms with E-state index in [9.17, 15) is 0 Å². The van der Waals surface area contributed by atoms with E-state index in [4.69, 9.17) is 8.83 Å². The number of para-hydroxylation sites is 2. The van der Waals surface area contributed by atoms with E-state index >= 15 is 0 Å². The van der Waals surface area contributed by atoms with Crippen LogP contribution in [0.2, 0.25) is 0 Å². The highest BCUT2D eigenvalue weighted by Gasteiger charge is 2.36. The molecule has 0 unspecified atom stereocenters. The molecule has 0 bridgehead atoms. The van der Waals surface area contributed by atoms with Crippen LogP contribution in [0.3, 0.4) is 0 Å². The minimum Gasteiger partial charge on any atom is -0.456 e. The molecule has 10 aromatic rings. The fraction of sp³-hybridized carbons (Fsp3) is 0.0588. The molecule has 0 atom stereocenters. The van der Waals surface area contributed by atoms with Crippen molar-refractivity contribution in [2.75, 3.05) is 4.90 Å². The Hall–Kier alpha value is -6.84. The summed E-state index contributed by atoms with van der Waals surface area (Å²) >= 11 is 0. The molecule has 0 N–H and O–H groups in total. The van der Waals surface area contributed by atoms with Crippen LogP contribution < -0.4 is 4.90 Å². The van der Waals surface area contributed by atoms with E-state index in [2.05, 4.69) is 189 Å². The molecule has 1 aliphatic rings. The number of hydrogen-bond donors (Lipinski definition) is 0. The molecule has 54 heavy (non-hydrogen) atoms. The van der Waals surface area contributed by atoms with Gasteiger partial charge in [0.1, 0.15) is 22.3 Å². The van der Waals surface area contributed by atoms with Gasteiger partial charge < -0.3 is 13.7 Å². The topological polar surface area (TPSA) is 29.5 Å². The maximum Gasteiger partial charge on any atom is 0.143 e. The number of furan rings is 2. The lowest BCUT2D eigenvalue weighted by atomic mass is 9.82. The predicted octanol–water partition coefficient (Wildman–Crippen LogP) is 14.6. The first-order chi connectivity index (χ1) is 26.5. The van der Waals surface area contributed by atoms with Gasteiger partial charge in [0.05, 0.1) is 5.69 Å². The lowest BCUT2D eigenvalue weighted by molar-refractivity contribution is 0.660. The first-order valence-electron chi connectivity index (χ1n) is 18.6. The molecular formula is C51H35NO2. The summed E-state index contributed by atoms with van der Waals surface area (Å²) in [4.78, 5) is 2.39. The number of nitrogens with zero attached hydrogens (tertiary/aromatic N) is 1. The predicted molar refractivity (Wildman–Crippen MR) is 224 cm³/mol. The Morgan fingerprint density at radius 1 is 0.389 bits per heavy atom. The normalized spacial score (nSPS) is 13.1. The van der Waals surface area contributed by atoms with Gasteiger partial charge in [0.15, 0.2) is 0 Å². The Morgan fingerprint density at radius 3 is 1.76 bits per heavy atom. The Kier molecular flexibility index (Phi) is 6.60. The molecule has 0 spiro atoms. The number of rotatable bonds is 5. The Bertz CT molecular complexity index is 3080. The van der Waals surface area contributed by atoms with Crippen molar-refractivity contribution in [3.05, 3.63) is 187 Å². The molecule has 0 saturated carbocycles. The first kappa shape index (κ1) is 30.8. The standard InChI is InChI=1S/C51H35NO2/c1-51(2)44-22-11-9-19-38(44)39-26-24-34(28-45(39)51)52(46-23-12-10-18-36(46)32-14-5-3-6-15-32)35-25-27-40-42-30-49-43(31-48(42)53-47(40)29-35)41-21-13-20-37(50(41)54-49)33-16-7-4-8-17-33/h3-31H,1-2H3. The molecule has 0 saturated heterocycles. The molecule has 256 valence electrons. The van der Waals surface area contributed by atoms with E-state index in [1.165, 1.54) is 27.8 Å². The molecule has 0 amide bonds. The van der Waals surface area contributed by atoms with Crippen LogP contribution in [-0.2, 0) is 5.41 Å². The lowest BCUT2D eigenvalue weighted by Gasteiger charge is -2.29. The highest BCUT2D eigenvalue weighted by atomic mass is 16.3. The van der Waals surface area contributed by atoms with Crippen LogP contribution in [0, 0.1) is 0 Å². The van der Waals surface area contributed by atoms with Crippen molar-refractivity contribution in [1.82, 2.24) is 0 Å². The molecule has 11 rings (SSSR count). The van der Waals surface area contributed by atoms with E-state index in [0.717, 1.165) is 77.6 Å². The molecule has 8 aromatic carbocycles. The van der Waals surface area contributed by atoms with Gasteiger partial charge in [0.2, 0.25) is 0 Å². The summed E-state index contributed by atoms with van der Waals surface area (Å²) in [5.74, 6) is 0. The van der Waals surface area contributed by atoms with Crippen molar-refractivity contribution >= 4 is 60.9 Å². The Morgan fingerprint density at radius 2 is 0.963 bits per heavy atom. The van der Waals surface area contributed by atoms with Crippen molar-refractivity contribution in [2.45, 2.75) is 19.3 Å². The van der Waals surface area contributed by atoms with E-state index in [-0.39, 0.29) is 5.41 Å². The lowest BCUT2D eigenvalue weighted by Crippen LogP contribution is -2.16. The van der Waals surface area contributed by atoms with Gasteiger partial charge in [-0.3, -0.25) is 0 Å². The van der Waals surface area contributed by atoms with Gasteiger partial charge in [-0.25, -0.2) is 0 Å². The summed E-state index contributed by atoms with van der Waals surface area (Å²) in [7, 11) is 0. The third kappa shape index (κ3) is 4.55. The summed E-state index contributed by atoms with van der Waals surface area (Å²) in [6.45, 7) is 4.68. The Balaban J connectivity index is 1.10. The summed E-state index contributed by atoms with van der Waals surface area (Å²) in [5.41, 5.74) is 16.4. The van der Waals surface area contributed by atoms with Crippen LogP contribution in [0.25, 0.3) is 77.3 Å². The maximum atomic E-state index is 6.75. The van der Waals surface area contributed by atoms with Gasteiger partial charge in [0, 0.05) is 55.5 Å². The second-order valence-corrected chi connectivity index (χ2v) is 14.9. The van der Waals surface area contributed by atoms with E-state index < -0.39 is 0 Å². The minimum atomic E-state index is -0.127. The van der Waals surface area contributed by atoms with Crippen LogP contribution in [0.5, 0.6) is 0 Å². The molecule has 0 fully saturated rings. The van der Waals surface area contributed by atoms with Gasteiger partial charge >= 0.3 is 0 Å². The van der Waals surface area contributed by atoms with E-state index in [1.54, 1.807) is 0 Å². The van der Waals surface area contributed by atoms with Crippen molar-refractivity contribution < 1.29 is 8.83 Å². The second kappa shape index (κ2) is 11.6. The fourth-order valence-electron chi connectivity index (χ4n) is 8.83. The van der Waals surface area contributed by atoms with Crippen LogP contribution >= 0.6 is 0 Å². The number of anilines is 3. The number of fused-ring (bicyclic) bond motifs is 9. The summed E-state index contributed by atoms with van der Waals surface area (Å²) in [5, 5.41) is 4.23. The summed E-state index contributed by atoms with van der Waals surface area (Å²) in [6.07, 6.45) is 0. The third-order valence-corrected chi connectivity index (χ3v) is 11.5. The van der Waals surface area contributed by atoms with Crippen LogP contribution in [0.15, 0.2) is 185 Å². The molecule has 0 aliphatic heterocycles. The van der Waals surface area contributed by atoms with Gasteiger partial charge in [0.25, 0.3) is 0 Å². The van der Waals surface area contributed by atoms with Crippen LogP contribution in [-0.4, -0.2) is 0 Å². The zero-order chi connectivity index (χ0) is 36.0. The summed E-state index contributed by atoms with van der Waals surface area (Å²) < 4.78 is 13.4. The SMILES string of the molecule is CC1(C)c2ccccc2-c2ccc(N(c3ccc4c(c3)oc3cc5c(cc34)oc3c(-c4ccccc4)cccc35)c3ccccc3-c3ccccc3)cc21. The Labute approximate surface area is 313 Å². The number of benzene rings is 8. The number of hydrogen-bond acceptors (Lipinski definition) is 3. The van der Waals surface area contributed by atoms with Crippen molar-refractivity contribution in [2.24, 2.45) is 0 Å². The van der Waals surface area contributed by atoms with E-state index in [0.29, 0.717) is 0 Å². The van der Waals surface area contributed by atoms with Gasteiger partial charge in [-0.05, 0) is 75.8 Å². The van der Waals surface area contributed by atoms with E-state index in [1.807, 2.05) is 6.07 Å². The quantitative estimate of drug-likeness (QED) is 0.180. The molecule has 2 heterocycles. The van der Waals surface area contributed by atoms with Crippen molar-refractivity contribution in [3.8, 4) is 33.4 Å². The highest BCUT2D eigenvalue weighted by molar-refractivity contribution is 6.17. The van der Waals surface area contributed by atoms with Crippen molar-refractivity contribution in [1.29, 1.82) is 0 Å². The largest absolute Gasteiger partial charge is 0.456 e. The first-order valence-corrected chi connectivity index (χ1v) is 18.6. The molecule has 3 heteroatoms. The average Bonchev–Trinajstić information content (AvgIpc) is 3.84. The average molecular weight is 694 g/mol. The van der Waals surface area contributed by atoms with Crippen LogP contribution in [0.4, 0.5) is 17.1 Å². The van der Waals surface area contributed by atoms with Crippen molar-refractivity contribution in [3.63, 3.8) is 0 Å². The zero-order valence-electron chi connectivity index (χ0n) is 30.0.